The van der Waals surface area contributed by atoms with Crippen molar-refractivity contribution in [2.75, 3.05) is 13.6 Å². The van der Waals surface area contributed by atoms with Gasteiger partial charge in [-0.25, -0.2) is 0 Å². The molecule has 142 valence electrons. The Balaban J connectivity index is 0.00000261. The fraction of sp³-hybridized carbons (Fsp3) is 0.182. The van der Waals surface area contributed by atoms with Gasteiger partial charge in [-0.2, -0.15) is 0 Å². The van der Waals surface area contributed by atoms with Crippen LogP contribution in [0.15, 0.2) is 72.8 Å². The van der Waals surface area contributed by atoms with E-state index in [1.54, 1.807) is 12.1 Å². The van der Waals surface area contributed by atoms with Crippen LogP contribution in [0.2, 0.25) is 0 Å². The van der Waals surface area contributed by atoms with Crippen molar-refractivity contribution < 1.29 is 14.9 Å². The molecule has 3 aromatic carbocycles. The highest BCUT2D eigenvalue weighted by atomic mass is 35.5. The molecule has 4 nitrogen and oxygen atoms in total. The van der Waals surface area contributed by atoms with Crippen molar-refractivity contribution >= 4 is 12.4 Å². The van der Waals surface area contributed by atoms with E-state index in [0.29, 0.717) is 5.56 Å². The standard InChI is InChI=1S/C22H23NO3.ClH/c1-23-14-13-21(16-7-3-2-4-8-16)26-18-10-5-9-17(15-18)19-11-6-12-20(24)22(19)25;/h2-12,15,21,23-25H,13-14H2,1H3;1H. The summed E-state index contributed by atoms with van der Waals surface area (Å²) in [5.41, 5.74) is 2.48. The number of halogens is 1. The summed E-state index contributed by atoms with van der Waals surface area (Å²) in [5.74, 6) is 0.458. The van der Waals surface area contributed by atoms with Crippen LogP contribution < -0.4 is 10.1 Å². The van der Waals surface area contributed by atoms with E-state index >= 15 is 0 Å². The SMILES string of the molecule is CNCCC(Oc1cccc(-c2cccc(O)c2O)c1)c1ccccc1.Cl. The van der Waals surface area contributed by atoms with Gasteiger partial charge in [-0.15, -0.1) is 12.4 Å². The highest BCUT2D eigenvalue weighted by molar-refractivity contribution is 5.85. The first-order valence-electron chi connectivity index (χ1n) is 8.66. The summed E-state index contributed by atoms with van der Waals surface area (Å²) < 4.78 is 6.25. The molecule has 0 saturated carbocycles. The number of benzene rings is 3. The lowest BCUT2D eigenvalue weighted by Crippen LogP contribution is -2.16. The van der Waals surface area contributed by atoms with Crippen LogP contribution >= 0.6 is 12.4 Å². The largest absolute Gasteiger partial charge is 0.504 e. The molecule has 1 unspecified atom stereocenters. The fourth-order valence-corrected chi connectivity index (χ4v) is 2.90. The third kappa shape index (κ3) is 5.16. The molecule has 3 N–H and O–H groups in total. The molecule has 27 heavy (non-hydrogen) atoms. The van der Waals surface area contributed by atoms with Crippen molar-refractivity contribution in [1.82, 2.24) is 5.32 Å². The summed E-state index contributed by atoms with van der Waals surface area (Å²) in [6.07, 6.45) is 0.763. The van der Waals surface area contributed by atoms with Crippen LogP contribution in [-0.2, 0) is 0 Å². The predicted molar refractivity (Wildman–Crippen MR) is 111 cm³/mol. The van der Waals surface area contributed by atoms with Gasteiger partial charge in [0.1, 0.15) is 11.9 Å². The minimum Gasteiger partial charge on any atom is -0.504 e. The van der Waals surface area contributed by atoms with E-state index in [1.165, 1.54) is 6.07 Å². The monoisotopic (exact) mass is 385 g/mol. The maximum Gasteiger partial charge on any atom is 0.165 e. The lowest BCUT2D eigenvalue weighted by atomic mass is 10.0. The number of ether oxygens (including phenoxy) is 1. The summed E-state index contributed by atoms with van der Waals surface area (Å²) in [6.45, 7) is 0.840. The number of hydrogen-bond acceptors (Lipinski definition) is 4. The second-order valence-electron chi connectivity index (χ2n) is 6.11. The molecule has 0 fully saturated rings. The number of aromatic hydroxyl groups is 2. The molecule has 1 atom stereocenters. The normalized spacial score (nSPS) is 11.4. The van der Waals surface area contributed by atoms with Gasteiger partial charge < -0.3 is 20.3 Å². The van der Waals surface area contributed by atoms with Gasteiger partial charge in [0.05, 0.1) is 0 Å². The van der Waals surface area contributed by atoms with Gasteiger partial charge in [0, 0.05) is 12.0 Å². The van der Waals surface area contributed by atoms with Gasteiger partial charge in [0.15, 0.2) is 11.5 Å². The van der Waals surface area contributed by atoms with Crippen molar-refractivity contribution in [3.05, 3.63) is 78.4 Å². The van der Waals surface area contributed by atoms with E-state index in [4.69, 9.17) is 4.74 Å². The highest BCUT2D eigenvalue weighted by Gasteiger charge is 2.14. The Hall–Kier alpha value is -2.69. The highest BCUT2D eigenvalue weighted by Crippen LogP contribution is 2.37. The molecule has 0 aliphatic carbocycles. The van der Waals surface area contributed by atoms with Crippen molar-refractivity contribution in [2.45, 2.75) is 12.5 Å². The van der Waals surface area contributed by atoms with Gasteiger partial charge in [0.2, 0.25) is 0 Å². The van der Waals surface area contributed by atoms with Crippen molar-refractivity contribution in [1.29, 1.82) is 0 Å². The van der Waals surface area contributed by atoms with Gasteiger partial charge >= 0.3 is 0 Å². The fourth-order valence-electron chi connectivity index (χ4n) is 2.90. The lowest BCUT2D eigenvalue weighted by Gasteiger charge is -2.20. The third-order valence-corrected chi connectivity index (χ3v) is 4.27. The minimum absolute atomic E-state index is 0. The van der Waals surface area contributed by atoms with E-state index < -0.39 is 0 Å². The van der Waals surface area contributed by atoms with E-state index in [1.807, 2.05) is 49.5 Å². The second kappa shape index (κ2) is 9.86. The summed E-state index contributed by atoms with van der Waals surface area (Å²) >= 11 is 0. The Bertz CT molecular complexity index is 855. The average molecular weight is 386 g/mol. The molecule has 0 saturated heterocycles. The molecular formula is C22H24ClNO3. The second-order valence-corrected chi connectivity index (χ2v) is 6.11. The number of phenols is 2. The predicted octanol–water partition coefficient (Wildman–Crippen LogP) is 4.92. The molecule has 0 radical (unpaired) electrons. The van der Waals surface area contributed by atoms with Gasteiger partial charge in [-0.1, -0.05) is 54.6 Å². The lowest BCUT2D eigenvalue weighted by molar-refractivity contribution is 0.195. The molecule has 0 bridgehead atoms. The average Bonchev–Trinajstić information content (AvgIpc) is 2.68. The summed E-state index contributed by atoms with van der Waals surface area (Å²) in [6, 6.07) is 22.6. The summed E-state index contributed by atoms with van der Waals surface area (Å²) in [7, 11) is 1.92. The van der Waals surface area contributed by atoms with Crippen LogP contribution in [0.25, 0.3) is 11.1 Å². The summed E-state index contributed by atoms with van der Waals surface area (Å²) in [4.78, 5) is 0. The summed E-state index contributed by atoms with van der Waals surface area (Å²) in [5, 5.41) is 23.0. The number of hydrogen-bond donors (Lipinski definition) is 3. The number of nitrogens with one attached hydrogen (secondary N) is 1. The van der Waals surface area contributed by atoms with Crippen LogP contribution in [0.3, 0.4) is 0 Å². The Kier molecular flexibility index (Phi) is 7.53. The van der Waals surface area contributed by atoms with E-state index in [2.05, 4.69) is 17.4 Å². The Morgan fingerprint density at radius 2 is 1.67 bits per heavy atom. The number of phenolic OH excluding ortho intramolecular Hbond substituents is 2. The molecule has 0 aliphatic heterocycles. The molecule has 0 heterocycles. The maximum absolute atomic E-state index is 10.1. The Morgan fingerprint density at radius 3 is 2.41 bits per heavy atom. The smallest absolute Gasteiger partial charge is 0.165 e. The molecule has 0 aromatic heterocycles. The van der Waals surface area contributed by atoms with Crippen LogP contribution in [0.4, 0.5) is 0 Å². The molecule has 3 rings (SSSR count). The Morgan fingerprint density at radius 1 is 0.926 bits per heavy atom. The quantitative estimate of drug-likeness (QED) is 0.505. The molecule has 0 aliphatic rings. The first-order chi connectivity index (χ1) is 12.7. The minimum atomic E-state index is -0.134. The zero-order chi connectivity index (χ0) is 18.4. The van der Waals surface area contributed by atoms with Crippen LogP contribution in [0, 0.1) is 0 Å². The maximum atomic E-state index is 10.1. The molecule has 0 spiro atoms. The van der Waals surface area contributed by atoms with Crippen LogP contribution in [0.1, 0.15) is 18.1 Å². The van der Waals surface area contributed by atoms with Gasteiger partial charge in [-0.3, -0.25) is 0 Å². The van der Waals surface area contributed by atoms with E-state index in [0.717, 1.165) is 29.8 Å². The van der Waals surface area contributed by atoms with E-state index in [9.17, 15) is 10.2 Å². The van der Waals surface area contributed by atoms with Crippen LogP contribution in [0.5, 0.6) is 17.2 Å². The van der Waals surface area contributed by atoms with E-state index in [-0.39, 0.29) is 30.0 Å². The molecular weight excluding hydrogens is 362 g/mol. The number of rotatable bonds is 7. The molecule has 3 aromatic rings. The zero-order valence-electron chi connectivity index (χ0n) is 15.1. The first-order valence-corrected chi connectivity index (χ1v) is 8.66. The number of para-hydroxylation sites is 1. The zero-order valence-corrected chi connectivity index (χ0v) is 15.9. The molecule has 5 heteroatoms. The van der Waals surface area contributed by atoms with Gasteiger partial charge in [0.25, 0.3) is 0 Å². The van der Waals surface area contributed by atoms with Gasteiger partial charge in [-0.05, 0) is 42.9 Å². The first kappa shape index (κ1) is 20.6. The van der Waals surface area contributed by atoms with Crippen LogP contribution in [-0.4, -0.2) is 23.8 Å². The molecule has 0 amide bonds. The van der Waals surface area contributed by atoms with Crippen molar-refractivity contribution in [3.8, 4) is 28.4 Å². The topological polar surface area (TPSA) is 61.7 Å². The third-order valence-electron chi connectivity index (χ3n) is 4.27. The van der Waals surface area contributed by atoms with Crippen molar-refractivity contribution in [2.24, 2.45) is 0 Å². The van der Waals surface area contributed by atoms with Crippen molar-refractivity contribution in [3.63, 3.8) is 0 Å². The Labute approximate surface area is 165 Å².